The summed E-state index contributed by atoms with van der Waals surface area (Å²) < 4.78 is 1.94. The lowest BCUT2D eigenvalue weighted by Crippen LogP contribution is -2.37. The Morgan fingerprint density at radius 3 is 2.63 bits per heavy atom. The number of imidazole rings is 1. The summed E-state index contributed by atoms with van der Waals surface area (Å²) in [7, 11) is 0. The molecule has 0 radical (unpaired) electrons. The second-order valence-electron chi connectivity index (χ2n) is 7.35. The Morgan fingerprint density at radius 1 is 1.04 bits per heavy atom. The van der Waals surface area contributed by atoms with Gasteiger partial charge in [-0.15, -0.1) is 0 Å². The van der Waals surface area contributed by atoms with E-state index in [1.165, 1.54) is 10.9 Å². The second-order valence-corrected chi connectivity index (χ2v) is 7.35. The van der Waals surface area contributed by atoms with E-state index in [2.05, 4.69) is 41.1 Å². The third-order valence-corrected chi connectivity index (χ3v) is 5.69. The summed E-state index contributed by atoms with van der Waals surface area (Å²) in [5.74, 6) is 1.04. The number of piperidine rings is 1. The minimum Gasteiger partial charge on any atom is -0.356 e. The van der Waals surface area contributed by atoms with Crippen molar-refractivity contribution in [2.45, 2.75) is 25.8 Å². The van der Waals surface area contributed by atoms with Crippen LogP contribution in [0.5, 0.6) is 0 Å². The number of hydrogen-bond acceptors (Lipinski definition) is 3. The highest BCUT2D eigenvalue weighted by atomic mass is 16.1. The van der Waals surface area contributed by atoms with Crippen LogP contribution in [0, 0.1) is 6.92 Å². The van der Waals surface area contributed by atoms with Gasteiger partial charge in [0, 0.05) is 24.5 Å². The molecule has 0 amide bonds. The molecule has 2 aromatic heterocycles. The Bertz CT molecular complexity index is 1180. The van der Waals surface area contributed by atoms with E-state index in [4.69, 9.17) is 4.98 Å². The lowest BCUT2D eigenvalue weighted by molar-refractivity contribution is 0.395. The van der Waals surface area contributed by atoms with E-state index >= 15 is 0 Å². The lowest BCUT2D eigenvalue weighted by atomic mass is 10.0. The largest absolute Gasteiger partial charge is 0.356 e. The molecule has 0 spiro atoms. The van der Waals surface area contributed by atoms with Crippen molar-refractivity contribution < 1.29 is 0 Å². The van der Waals surface area contributed by atoms with Crippen LogP contribution in [0.15, 0.2) is 59.4 Å². The van der Waals surface area contributed by atoms with E-state index < -0.39 is 0 Å². The van der Waals surface area contributed by atoms with Gasteiger partial charge < -0.3 is 9.88 Å². The predicted molar refractivity (Wildman–Crippen MR) is 110 cm³/mol. The molecule has 0 unspecified atom stereocenters. The van der Waals surface area contributed by atoms with Gasteiger partial charge in [-0.25, -0.2) is 9.78 Å². The average Bonchev–Trinajstić information content (AvgIpc) is 3.04. The van der Waals surface area contributed by atoms with Crippen molar-refractivity contribution in [1.82, 2.24) is 14.5 Å². The number of pyridine rings is 1. The number of anilines is 1. The summed E-state index contributed by atoms with van der Waals surface area (Å²) in [6.07, 6.45) is 1.88. The number of nitrogens with zero attached hydrogens (tertiary/aromatic N) is 3. The number of H-pyrrole nitrogens is 1. The Labute approximate surface area is 157 Å². The SMILES string of the molecule is Cc1cc(N2CCC(n3c(=O)[nH]c4ccccc43)CC2)nc2ccccc12. The molecule has 3 heterocycles. The number of benzene rings is 2. The highest BCUT2D eigenvalue weighted by Gasteiger charge is 2.24. The Morgan fingerprint density at radius 2 is 1.78 bits per heavy atom. The van der Waals surface area contributed by atoms with Crippen LogP contribution < -0.4 is 10.6 Å². The molecule has 136 valence electrons. The fourth-order valence-electron chi connectivity index (χ4n) is 4.28. The van der Waals surface area contributed by atoms with Crippen LogP contribution in [0.4, 0.5) is 5.82 Å². The third kappa shape index (κ3) is 2.70. The number of aromatic amines is 1. The molecule has 5 heteroatoms. The number of para-hydroxylation sites is 3. The van der Waals surface area contributed by atoms with Crippen molar-refractivity contribution in [2.24, 2.45) is 0 Å². The van der Waals surface area contributed by atoms with Crippen molar-refractivity contribution in [1.29, 1.82) is 0 Å². The number of aryl methyl sites for hydroxylation is 1. The quantitative estimate of drug-likeness (QED) is 0.589. The van der Waals surface area contributed by atoms with E-state index in [1.54, 1.807) is 0 Å². The normalized spacial score (nSPS) is 15.7. The van der Waals surface area contributed by atoms with Crippen LogP contribution in [0.1, 0.15) is 24.4 Å². The standard InChI is InChI=1S/C22H22N4O/c1-15-14-21(23-18-7-3-2-6-17(15)18)25-12-10-16(11-13-25)26-20-9-5-4-8-19(20)24-22(26)27/h2-9,14,16H,10-13H2,1H3,(H,24,27). The van der Waals surface area contributed by atoms with Crippen molar-refractivity contribution in [3.8, 4) is 0 Å². The molecule has 5 rings (SSSR count). The second kappa shape index (κ2) is 6.27. The first-order chi connectivity index (χ1) is 13.2. The maximum atomic E-state index is 12.5. The zero-order valence-corrected chi connectivity index (χ0v) is 15.4. The number of nitrogens with one attached hydrogen (secondary N) is 1. The van der Waals surface area contributed by atoms with Gasteiger partial charge in [0.05, 0.1) is 16.6 Å². The zero-order chi connectivity index (χ0) is 18.4. The van der Waals surface area contributed by atoms with Crippen LogP contribution in [0.25, 0.3) is 21.9 Å². The van der Waals surface area contributed by atoms with Crippen LogP contribution in [0.2, 0.25) is 0 Å². The highest BCUT2D eigenvalue weighted by Crippen LogP contribution is 2.29. The molecule has 27 heavy (non-hydrogen) atoms. The van der Waals surface area contributed by atoms with Crippen LogP contribution in [-0.2, 0) is 0 Å². The minimum atomic E-state index is -0.00526. The Kier molecular flexibility index (Phi) is 3.74. The van der Waals surface area contributed by atoms with Gasteiger partial charge in [0.1, 0.15) is 5.82 Å². The maximum Gasteiger partial charge on any atom is 0.326 e. The molecule has 0 atom stereocenters. The molecule has 1 fully saturated rings. The molecule has 5 nitrogen and oxygen atoms in total. The number of fused-ring (bicyclic) bond motifs is 2. The van der Waals surface area contributed by atoms with E-state index in [9.17, 15) is 4.79 Å². The molecule has 1 saturated heterocycles. The van der Waals surface area contributed by atoms with Gasteiger partial charge in [0.25, 0.3) is 0 Å². The van der Waals surface area contributed by atoms with E-state index in [1.807, 2.05) is 34.9 Å². The minimum absolute atomic E-state index is 0.00526. The van der Waals surface area contributed by atoms with Gasteiger partial charge >= 0.3 is 5.69 Å². The van der Waals surface area contributed by atoms with Gasteiger partial charge in [-0.05, 0) is 49.6 Å². The number of hydrogen-bond donors (Lipinski definition) is 1. The zero-order valence-electron chi connectivity index (χ0n) is 15.4. The van der Waals surface area contributed by atoms with Gasteiger partial charge in [-0.2, -0.15) is 0 Å². The van der Waals surface area contributed by atoms with E-state index in [0.717, 1.165) is 48.3 Å². The summed E-state index contributed by atoms with van der Waals surface area (Å²) in [6, 6.07) is 18.6. The molecule has 0 aliphatic carbocycles. The summed E-state index contributed by atoms with van der Waals surface area (Å²) >= 11 is 0. The number of rotatable bonds is 2. The summed E-state index contributed by atoms with van der Waals surface area (Å²) in [5, 5.41) is 1.21. The van der Waals surface area contributed by atoms with Gasteiger partial charge in [0.15, 0.2) is 0 Å². The molecule has 0 bridgehead atoms. The van der Waals surface area contributed by atoms with Gasteiger partial charge in [-0.3, -0.25) is 4.57 Å². The van der Waals surface area contributed by atoms with Crippen molar-refractivity contribution in [3.05, 3.63) is 70.6 Å². The summed E-state index contributed by atoms with van der Waals surface area (Å²) in [4.78, 5) is 22.6. The van der Waals surface area contributed by atoms with Crippen molar-refractivity contribution in [2.75, 3.05) is 18.0 Å². The monoisotopic (exact) mass is 358 g/mol. The molecule has 4 aromatic rings. The van der Waals surface area contributed by atoms with E-state index in [0.29, 0.717) is 0 Å². The fraction of sp³-hybridized carbons (Fsp3) is 0.273. The van der Waals surface area contributed by atoms with Gasteiger partial charge in [-0.1, -0.05) is 30.3 Å². The van der Waals surface area contributed by atoms with E-state index in [-0.39, 0.29) is 11.7 Å². The Balaban J connectivity index is 1.42. The highest BCUT2D eigenvalue weighted by molar-refractivity contribution is 5.83. The predicted octanol–water partition coefficient (Wildman–Crippen LogP) is 4.03. The average molecular weight is 358 g/mol. The maximum absolute atomic E-state index is 12.5. The molecular weight excluding hydrogens is 336 g/mol. The van der Waals surface area contributed by atoms with Crippen molar-refractivity contribution in [3.63, 3.8) is 0 Å². The smallest absolute Gasteiger partial charge is 0.326 e. The van der Waals surface area contributed by atoms with Crippen LogP contribution >= 0.6 is 0 Å². The van der Waals surface area contributed by atoms with Crippen LogP contribution in [0.3, 0.4) is 0 Å². The van der Waals surface area contributed by atoms with Gasteiger partial charge in [0.2, 0.25) is 0 Å². The topological polar surface area (TPSA) is 53.9 Å². The first kappa shape index (κ1) is 16.1. The molecular formula is C22H22N4O. The van der Waals surface area contributed by atoms with Crippen molar-refractivity contribution >= 4 is 27.8 Å². The summed E-state index contributed by atoms with van der Waals surface area (Å²) in [6.45, 7) is 3.95. The molecule has 1 N–H and O–H groups in total. The molecule has 1 aliphatic rings. The first-order valence-electron chi connectivity index (χ1n) is 9.51. The molecule has 2 aromatic carbocycles. The summed E-state index contributed by atoms with van der Waals surface area (Å²) in [5.41, 5.74) is 4.21. The number of aromatic nitrogens is 3. The first-order valence-corrected chi connectivity index (χ1v) is 9.51. The lowest BCUT2D eigenvalue weighted by Gasteiger charge is -2.33. The molecule has 1 aliphatic heterocycles. The van der Waals surface area contributed by atoms with Crippen LogP contribution in [-0.4, -0.2) is 27.6 Å². The Hall–Kier alpha value is -3.08. The molecule has 0 saturated carbocycles. The fourth-order valence-corrected chi connectivity index (χ4v) is 4.28. The third-order valence-electron chi connectivity index (χ3n) is 5.69.